The lowest BCUT2D eigenvalue weighted by molar-refractivity contribution is -0.142. The molecular formula is C18H17ClO3. The first-order valence-corrected chi connectivity index (χ1v) is 7.32. The molecular weight excluding hydrogens is 300 g/mol. The van der Waals surface area contributed by atoms with E-state index in [1.54, 1.807) is 24.3 Å². The number of ether oxygens (including phenoxy) is 1. The number of rotatable bonds is 5. The van der Waals surface area contributed by atoms with Gasteiger partial charge in [0.2, 0.25) is 0 Å². The molecule has 1 atom stereocenters. The van der Waals surface area contributed by atoms with Crippen LogP contribution in [-0.2, 0) is 9.53 Å². The van der Waals surface area contributed by atoms with Crippen molar-refractivity contribution in [3.63, 3.8) is 0 Å². The molecule has 0 aliphatic heterocycles. The molecule has 0 unspecified atom stereocenters. The van der Waals surface area contributed by atoms with Crippen molar-refractivity contribution >= 4 is 23.4 Å². The maximum absolute atomic E-state index is 12.4. The molecule has 4 heteroatoms. The summed E-state index contributed by atoms with van der Waals surface area (Å²) in [6, 6.07) is 14.2. The van der Waals surface area contributed by atoms with Gasteiger partial charge in [-0.1, -0.05) is 41.4 Å². The summed E-state index contributed by atoms with van der Waals surface area (Å²) in [5, 5.41) is 0.569. The van der Waals surface area contributed by atoms with Crippen molar-refractivity contribution in [1.29, 1.82) is 0 Å². The highest BCUT2D eigenvalue weighted by atomic mass is 35.5. The zero-order valence-electron chi connectivity index (χ0n) is 12.5. The third-order valence-corrected chi connectivity index (χ3v) is 3.77. The Morgan fingerprint density at radius 3 is 2.18 bits per heavy atom. The molecule has 0 radical (unpaired) electrons. The first-order valence-electron chi connectivity index (χ1n) is 6.94. The molecule has 2 rings (SSSR count). The van der Waals surface area contributed by atoms with Crippen molar-refractivity contribution in [2.75, 3.05) is 7.11 Å². The summed E-state index contributed by atoms with van der Waals surface area (Å²) in [5.74, 6) is -1.13. The number of benzene rings is 2. The molecule has 0 bridgehead atoms. The molecule has 2 aromatic rings. The zero-order valence-corrected chi connectivity index (χ0v) is 13.3. The van der Waals surface area contributed by atoms with Gasteiger partial charge in [-0.2, -0.15) is 0 Å². The number of Topliss-reactive ketones (excluding diaryl/α,β-unsaturated/α-hetero) is 1. The van der Waals surface area contributed by atoms with E-state index in [-0.39, 0.29) is 12.2 Å². The van der Waals surface area contributed by atoms with E-state index in [2.05, 4.69) is 0 Å². The van der Waals surface area contributed by atoms with Crippen molar-refractivity contribution in [2.45, 2.75) is 19.3 Å². The Hall–Kier alpha value is -2.13. The average molecular weight is 317 g/mol. The van der Waals surface area contributed by atoms with Gasteiger partial charge >= 0.3 is 5.97 Å². The molecule has 0 aliphatic rings. The molecule has 0 fully saturated rings. The van der Waals surface area contributed by atoms with E-state index in [4.69, 9.17) is 16.3 Å². The maximum atomic E-state index is 12.4. The number of carbonyl (C=O) groups is 2. The number of aryl methyl sites for hydroxylation is 1. The first-order chi connectivity index (χ1) is 10.5. The first kappa shape index (κ1) is 16.2. The van der Waals surface area contributed by atoms with Crippen molar-refractivity contribution in [3.05, 3.63) is 70.2 Å². The van der Waals surface area contributed by atoms with Gasteiger partial charge in [-0.25, -0.2) is 0 Å². The molecule has 0 aromatic heterocycles. The van der Waals surface area contributed by atoms with E-state index in [0.29, 0.717) is 10.6 Å². The van der Waals surface area contributed by atoms with Gasteiger partial charge in [0.1, 0.15) is 0 Å². The van der Waals surface area contributed by atoms with Crippen LogP contribution in [0.3, 0.4) is 0 Å². The summed E-state index contributed by atoms with van der Waals surface area (Å²) in [6.07, 6.45) is 0.0668. The van der Waals surface area contributed by atoms with Crippen molar-refractivity contribution < 1.29 is 14.3 Å². The van der Waals surface area contributed by atoms with Crippen LogP contribution in [0.25, 0.3) is 0 Å². The van der Waals surface area contributed by atoms with Crippen LogP contribution >= 0.6 is 11.6 Å². The average Bonchev–Trinajstić information content (AvgIpc) is 2.53. The molecule has 2 aromatic carbocycles. The predicted octanol–water partition coefficient (Wildman–Crippen LogP) is 4.18. The summed E-state index contributed by atoms with van der Waals surface area (Å²) in [7, 11) is 1.33. The minimum absolute atomic E-state index is 0.0668. The lowest BCUT2D eigenvalue weighted by Gasteiger charge is -2.14. The van der Waals surface area contributed by atoms with E-state index < -0.39 is 11.9 Å². The van der Waals surface area contributed by atoms with E-state index >= 15 is 0 Å². The summed E-state index contributed by atoms with van der Waals surface area (Å²) < 4.78 is 4.84. The quantitative estimate of drug-likeness (QED) is 0.614. The number of ketones is 1. The highest BCUT2D eigenvalue weighted by Crippen LogP contribution is 2.24. The van der Waals surface area contributed by atoms with Crippen LogP contribution in [0.5, 0.6) is 0 Å². The van der Waals surface area contributed by atoms with Gasteiger partial charge in [0.15, 0.2) is 5.78 Å². The topological polar surface area (TPSA) is 43.4 Å². The van der Waals surface area contributed by atoms with Crippen LogP contribution in [0.15, 0.2) is 48.5 Å². The van der Waals surface area contributed by atoms with Crippen molar-refractivity contribution in [1.82, 2.24) is 0 Å². The molecule has 114 valence electrons. The molecule has 0 heterocycles. The number of carbonyl (C=O) groups excluding carboxylic acids is 2. The molecule has 0 saturated carbocycles. The van der Waals surface area contributed by atoms with E-state index in [0.717, 1.165) is 11.1 Å². The molecule has 0 saturated heterocycles. The minimum atomic E-state index is -0.603. The van der Waals surface area contributed by atoms with Gasteiger partial charge in [-0.3, -0.25) is 9.59 Å². The van der Waals surface area contributed by atoms with Crippen LogP contribution in [0, 0.1) is 6.92 Å². The fourth-order valence-corrected chi connectivity index (χ4v) is 2.34. The van der Waals surface area contributed by atoms with Crippen LogP contribution in [0.1, 0.15) is 33.8 Å². The molecule has 0 aliphatic carbocycles. The monoisotopic (exact) mass is 316 g/mol. The van der Waals surface area contributed by atoms with Crippen molar-refractivity contribution in [3.8, 4) is 0 Å². The van der Waals surface area contributed by atoms with Crippen LogP contribution < -0.4 is 0 Å². The largest absolute Gasteiger partial charge is 0.469 e. The SMILES string of the molecule is COC(=O)[C@H](CC(=O)c1ccc(Cl)cc1)c1ccc(C)cc1. The Morgan fingerprint density at radius 1 is 1.05 bits per heavy atom. The van der Waals surface area contributed by atoms with Crippen LogP contribution in [0.4, 0.5) is 0 Å². The highest BCUT2D eigenvalue weighted by molar-refractivity contribution is 6.30. The van der Waals surface area contributed by atoms with E-state index in [1.165, 1.54) is 7.11 Å². The fourth-order valence-electron chi connectivity index (χ4n) is 2.22. The third-order valence-electron chi connectivity index (χ3n) is 3.52. The summed E-state index contributed by atoms with van der Waals surface area (Å²) in [5.41, 5.74) is 2.40. The molecule has 0 spiro atoms. The summed E-state index contributed by atoms with van der Waals surface area (Å²) in [6.45, 7) is 1.97. The van der Waals surface area contributed by atoms with Crippen LogP contribution in [0.2, 0.25) is 5.02 Å². The third kappa shape index (κ3) is 3.95. The van der Waals surface area contributed by atoms with Gasteiger partial charge < -0.3 is 4.74 Å². The molecule has 0 amide bonds. The Balaban J connectivity index is 2.23. The summed E-state index contributed by atoms with van der Waals surface area (Å²) >= 11 is 5.82. The van der Waals surface area contributed by atoms with Gasteiger partial charge in [-0.15, -0.1) is 0 Å². The fraction of sp³-hybridized carbons (Fsp3) is 0.222. The lowest BCUT2D eigenvalue weighted by Crippen LogP contribution is -2.18. The Labute approximate surface area is 134 Å². The van der Waals surface area contributed by atoms with E-state index in [9.17, 15) is 9.59 Å². The lowest BCUT2D eigenvalue weighted by atomic mass is 9.91. The van der Waals surface area contributed by atoms with E-state index in [1.807, 2.05) is 31.2 Å². The van der Waals surface area contributed by atoms with Gasteiger partial charge in [0, 0.05) is 17.0 Å². The normalized spacial score (nSPS) is 11.8. The Kier molecular flexibility index (Phi) is 5.34. The highest BCUT2D eigenvalue weighted by Gasteiger charge is 2.25. The molecule has 22 heavy (non-hydrogen) atoms. The van der Waals surface area contributed by atoms with Gasteiger partial charge in [-0.05, 0) is 36.8 Å². The molecule has 0 N–H and O–H groups in total. The number of halogens is 1. The molecule has 3 nitrogen and oxygen atoms in total. The number of esters is 1. The number of methoxy groups -OCH3 is 1. The maximum Gasteiger partial charge on any atom is 0.313 e. The van der Waals surface area contributed by atoms with Gasteiger partial charge in [0.05, 0.1) is 13.0 Å². The zero-order chi connectivity index (χ0) is 16.1. The smallest absolute Gasteiger partial charge is 0.313 e. The second kappa shape index (κ2) is 7.23. The predicted molar refractivity (Wildman–Crippen MR) is 86.3 cm³/mol. The standard InChI is InChI=1S/C18H17ClO3/c1-12-3-5-13(6-4-12)16(18(21)22-2)11-17(20)14-7-9-15(19)10-8-14/h3-10,16H,11H2,1-2H3/t16-/m1/s1. The van der Waals surface area contributed by atoms with Crippen molar-refractivity contribution in [2.24, 2.45) is 0 Å². The number of hydrogen-bond acceptors (Lipinski definition) is 3. The summed E-state index contributed by atoms with van der Waals surface area (Å²) in [4.78, 5) is 24.4. The second-order valence-corrected chi connectivity index (χ2v) is 5.56. The Bertz CT molecular complexity index is 660. The Morgan fingerprint density at radius 2 is 1.64 bits per heavy atom. The second-order valence-electron chi connectivity index (χ2n) is 5.12. The number of hydrogen-bond donors (Lipinski definition) is 0. The minimum Gasteiger partial charge on any atom is -0.469 e. The van der Waals surface area contributed by atoms with Gasteiger partial charge in [0.25, 0.3) is 0 Å². The van der Waals surface area contributed by atoms with Crippen LogP contribution in [-0.4, -0.2) is 18.9 Å².